The van der Waals surface area contributed by atoms with E-state index in [9.17, 15) is 4.79 Å². The Morgan fingerprint density at radius 3 is 1.90 bits per heavy atom. The summed E-state index contributed by atoms with van der Waals surface area (Å²) in [4.78, 5) is 16.9. The van der Waals surface area contributed by atoms with E-state index >= 15 is 0 Å². The van der Waals surface area contributed by atoms with Crippen molar-refractivity contribution in [2.45, 2.75) is 5.16 Å². The fraction of sp³-hybridized carbons (Fsp3) is 0.0435. The van der Waals surface area contributed by atoms with Crippen LogP contribution in [0.4, 0.5) is 5.69 Å². The first-order chi connectivity index (χ1) is 14.3. The predicted molar refractivity (Wildman–Crippen MR) is 116 cm³/mol. The molecule has 1 amide bonds. The first-order valence-electron chi connectivity index (χ1n) is 9.13. The zero-order valence-electron chi connectivity index (χ0n) is 15.5. The number of hydrogen-bond acceptors (Lipinski definition) is 5. The minimum absolute atomic E-state index is 0.113. The summed E-state index contributed by atoms with van der Waals surface area (Å²) in [6.07, 6.45) is 0. The molecule has 0 bridgehead atoms. The second-order valence-corrected chi connectivity index (χ2v) is 7.17. The van der Waals surface area contributed by atoms with Crippen molar-refractivity contribution in [3.05, 3.63) is 91.0 Å². The lowest BCUT2D eigenvalue weighted by Crippen LogP contribution is -2.14. The second-order valence-electron chi connectivity index (χ2n) is 6.23. The van der Waals surface area contributed by atoms with Crippen molar-refractivity contribution >= 4 is 23.4 Å². The average Bonchev–Trinajstić information content (AvgIpc) is 2.79. The zero-order chi connectivity index (χ0) is 19.9. The summed E-state index contributed by atoms with van der Waals surface area (Å²) in [6, 6.07) is 29.1. The van der Waals surface area contributed by atoms with Crippen molar-refractivity contribution in [1.29, 1.82) is 0 Å². The lowest BCUT2D eigenvalue weighted by atomic mass is 10.0. The van der Waals surface area contributed by atoms with Gasteiger partial charge in [-0.2, -0.15) is 0 Å². The minimum Gasteiger partial charge on any atom is -0.325 e. The summed E-state index contributed by atoms with van der Waals surface area (Å²) >= 11 is 1.26. The number of para-hydroxylation sites is 1. The van der Waals surface area contributed by atoms with Gasteiger partial charge in [0.25, 0.3) is 0 Å². The maximum absolute atomic E-state index is 12.2. The van der Waals surface area contributed by atoms with Crippen molar-refractivity contribution in [1.82, 2.24) is 15.2 Å². The van der Waals surface area contributed by atoms with Gasteiger partial charge in [0, 0.05) is 16.8 Å². The number of benzene rings is 3. The lowest BCUT2D eigenvalue weighted by Gasteiger charge is -2.09. The number of nitrogens with one attached hydrogen (secondary N) is 1. The minimum atomic E-state index is -0.113. The normalized spacial score (nSPS) is 10.5. The molecule has 0 aliphatic heterocycles. The van der Waals surface area contributed by atoms with Crippen molar-refractivity contribution in [3.63, 3.8) is 0 Å². The van der Waals surface area contributed by atoms with Crippen molar-refractivity contribution < 1.29 is 4.79 Å². The van der Waals surface area contributed by atoms with Crippen LogP contribution >= 0.6 is 11.8 Å². The van der Waals surface area contributed by atoms with Gasteiger partial charge in [-0.1, -0.05) is 90.6 Å². The third kappa shape index (κ3) is 4.86. The van der Waals surface area contributed by atoms with Crippen LogP contribution < -0.4 is 5.32 Å². The summed E-state index contributed by atoms with van der Waals surface area (Å²) in [5.41, 5.74) is 4.13. The van der Waals surface area contributed by atoms with E-state index in [4.69, 9.17) is 4.98 Å². The molecule has 4 aromatic rings. The van der Waals surface area contributed by atoms with E-state index in [0.717, 1.165) is 28.2 Å². The van der Waals surface area contributed by atoms with Crippen LogP contribution in [0.3, 0.4) is 0 Å². The largest absolute Gasteiger partial charge is 0.325 e. The molecule has 5 nitrogen and oxygen atoms in total. The Morgan fingerprint density at radius 1 is 0.724 bits per heavy atom. The molecule has 0 spiro atoms. The Balaban J connectivity index is 1.56. The van der Waals surface area contributed by atoms with E-state index in [1.54, 1.807) is 0 Å². The number of amides is 1. The summed E-state index contributed by atoms with van der Waals surface area (Å²) in [6.45, 7) is 0. The molecule has 0 atom stereocenters. The highest BCUT2D eigenvalue weighted by Gasteiger charge is 2.14. The number of anilines is 1. The number of nitrogens with zero attached hydrogens (tertiary/aromatic N) is 3. The average molecular weight is 398 g/mol. The highest BCUT2D eigenvalue weighted by atomic mass is 32.2. The summed E-state index contributed by atoms with van der Waals surface area (Å²) in [5, 5.41) is 12.0. The van der Waals surface area contributed by atoms with Gasteiger partial charge in [0.1, 0.15) is 11.4 Å². The Morgan fingerprint density at radius 2 is 1.28 bits per heavy atom. The van der Waals surface area contributed by atoms with Crippen LogP contribution in [0.15, 0.2) is 96.2 Å². The molecular formula is C23H18N4OS. The molecule has 29 heavy (non-hydrogen) atoms. The molecular weight excluding hydrogens is 380 g/mol. The third-order valence-electron chi connectivity index (χ3n) is 4.15. The van der Waals surface area contributed by atoms with Gasteiger partial charge in [0.15, 0.2) is 0 Å². The Hall–Kier alpha value is -3.51. The monoisotopic (exact) mass is 398 g/mol. The van der Waals surface area contributed by atoms with Gasteiger partial charge < -0.3 is 5.32 Å². The van der Waals surface area contributed by atoms with E-state index in [1.165, 1.54) is 11.8 Å². The van der Waals surface area contributed by atoms with Crippen molar-refractivity contribution in [3.8, 4) is 22.5 Å². The van der Waals surface area contributed by atoms with Crippen LogP contribution in [0, 0.1) is 0 Å². The molecule has 142 valence electrons. The maximum Gasteiger partial charge on any atom is 0.234 e. The Bertz CT molecular complexity index is 1090. The molecule has 6 heteroatoms. The Labute approximate surface area is 173 Å². The van der Waals surface area contributed by atoms with Gasteiger partial charge in [-0.05, 0) is 12.1 Å². The van der Waals surface area contributed by atoms with Crippen LogP contribution in [0.2, 0.25) is 0 Å². The van der Waals surface area contributed by atoms with Gasteiger partial charge in [-0.15, -0.1) is 10.2 Å². The standard InChI is InChI=1S/C23H18N4OS/c28-20(24-19-14-8-3-9-15-19)16-29-23-25-21(17-10-4-1-5-11-17)22(26-27-23)18-12-6-2-7-13-18/h1-15H,16H2,(H,24,28). The first kappa shape index (κ1) is 18.8. The topological polar surface area (TPSA) is 67.8 Å². The molecule has 3 aromatic carbocycles. The summed E-state index contributed by atoms with van der Waals surface area (Å²) < 4.78 is 0. The molecule has 0 aliphatic rings. The number of rotatable bonds is 6. The van der Waals surface area contributed by atoms with Crippen LogP contribution in [0.5, 0.6) is 0 Å². The molecule has 0 unspecified atom stereocenters. The molecule has 4 rings (SSSR count). The highest BCUT2D eigenvalue weighted by Crippen LogP contribution is 2.29. The number of hydrogen-bond donors (Lipinski definition) is 1. The third-order valence-corrected chi connectivity index (χ3v) is 4.99. The summed E-state index contributed by atoms with van der Waals surface area (Å²) in [5.74, 6) is 0.0911. The summed E-state index contributed by atoms with van der Waals surface area (Å²) in [7, 11) is 0. The maximum atomic E-state index is 12.2. The van der Waals surface area contributed by atoms with Gasteiger partial charge in [0.2, 0.25) is 11.1 Å². The molecule has 0 saturated carbocycles. The number of carbonyl (C=O) groups excluding carboxylic acids is 1. The van der Waals surface area contributed by atoms with Gasteiger partial charge in [-0.3, -0.25) is 4.79 Å². The molecule has 1 heterocycles. The van der Waals surface area contributed by atoms with Crippen LogP contribution in [0.1, 0.15) is 0 Å². The second kappa shape index (κ2) is 9.12. The van der Waals surface area contributed by atoms with Crippen LogP contribution in [-0.4, -0.2) is 26.8 Å². The molecule has 1 N–H and O–H groups in total. The quantitative estimate of drug-likeness (QED) is 0.466. The molecule has 0 radical (unpaired) electrons. The van der Waals surface area contributed by atoms with Crippen LogP contribution in [-0.2, 0) is 4.79 Å². The van der Waals surface area contributed by atoms with E-state index in [-0.39, 0.29) is 11.7 Å². The number of aromatic nitrogens is 3. The Kier molecular flexibility index (Phi) is 5.92. The highest BCUT2D eigenvalue weighted by molar-refractivity contribution is 7.99. The number of carbonyl (C=O) groups is 1. The lowest BCUT2D eigenvalue weighted by molar-refractivity contribution is -0.113. The fourth-order valence-corrected chi connectivity index (χ4v) is 3.40. The van der Waals surface area contributed by atoms with Crippen molar-refractivity contribution in [2.24, 2.45) is 0 Å². The predicted octanol–water partition coefficient (Wildman–Crippen LogP) is 4.94. The van der Waals surface area contributed by atoms with E-state index < -0.39 is 0 Å². The van der Waals surface area contributed by atoms with E-state index in [0.29, 0.717) is 5.16 Å². The fourth-order valence-electron chi connectivity index (χ4n) is 2.81. The zero-order valence-corrected chi connectivity index (χ0v) is 16.3. The SMILES string of the molecule is O=C(CSc1nnc(-c2ccccc2)c(-c2ccccc2)n1)Nc1ccccc1. The first-order valence-corrected chi connectivity index (χ1v) is 10.1. The van der Waals surface area contributed by atoms with E-state index in [1.807, 2.05) is 91.0 Å². The molecule has 0 saturated heterocycles. The van der Waals surface area contributed by atoms with Gasteiger partial charge in [-0.25, -0.2) is 4.98 Å². The molecule has 0 aliphatic carbocycles. The van der Waals surface area contributed by atoms with Crippen molar-refractivity contribution in [2.75, 3.05) is 11.1 Å². The number of thioether (sulfide) groups is 1. The van der Waals surface area contributed by atoms with Crippen LogP contribution in [0.25, 0.3) is 22.5 Å². The van der Waals surface area contributed by atoms with Gasteiger partial charge in [0.05, 0.1) is 5.75 Å². The molecule has 1 aromatic heterocycles. The van der Waals surface area contributed by atoms with Gasteiger partial charge >= 0.3 is 0 Å². The molecule has 0 fully saturated rings. The smallest absolute Gasteiger partial charge is 0.234 e. The van der Waals surface area contributed by atoms with E-state index in [2.05, 4.69) is 15.5 Å².